The summed E-state index contributed by atoms with van der Waals surface area (Å²) >= 11 is 5.34. The van der Waals surface area contributed by atoms with Gasteiger partial charge in [-0.15, -0.1) is 23.5 Å². The predicted octanol–water partition coefficient (Wildman–Crippen LogP) is 4.46. The molecule has 0 bridgehead atoms. The fraction of sp³-hybridized carbons (Fsp3) is 0.611. The van der Waals surface area contributed by atoms with E-state index in [9.17, 15) is 9.90 Å². The third kappa shape index (κ3) is 6.73. The van der Waals surface area contributed by atoms with Crippen LogP contribution < -0.4 is 0 Å². The first-order valence-corrected chi connectivity index (χ1v) is 11.4. The zero-order valence-electron chi connectivity index (χ0n) is 13.6. The van der Waals surface area contributed by atoms with Crippen molar-refractivity contribution < 1.29 is 9.90 Å². The van der Waals surface area contributed by atoms with E-state index in [0.717, 1.165) is 24.2 Å². The third-order valence-corrected chi connectivity index (χ3v) is 7.90. The molecule has 0 spiro atoms. The van der Waals surface area contributed by atoms with E-state index in [4.69, 9.17) is 0 Å². The summed E-state index contributed by atoms with van der Waals surface area (Å²) in [5.74, 6) is 2.93. The molecule has 0 aliphatic carbocycles. The zero-order valence-corrected chi connectivity index (χ0v) is 16.1. The van der Waals surface area contributed by atoms with Gasteiger partial charge < -0.3 is 5.11 Å². The second-order valence-electron chi connectivity index (χ2n) is 5.72. The van der Waals surface area contributed by atoms with Crippen molar-refractivity contribution in [2.75, 3.05) is 17.3 Å². The molecule has 1 aliphatic rings. The van der Waals surface area contributed by atoms with E-state index in [1.807, 2.05) is 60.8 Å². The van der Waals surface area contributed by atoms with Gasteiger partial charge in [-0.3, -0.25) is 4.79 Å². The summed E-state index contributed by atoms with van der Waals surface area (Å²) < 4.78 is 0.588. The lowest BCUT2D eigenvalue weighted by Crippen LogP contribution is -2.29. The van der Waals surface area contributed by atoms with Gasteiger partial charge in [-0.2, -0.15) is 0 Å². The van der Waals surface area contributed by atoms with Crippen LogP contribution in [0, 0.1) is 5.92 Å². The Kier molecular flexibility index (Phi) is 8.95. The molecule has 1 heterocycles. The Labute approximate surface area is 152 Å². The molecule has 0 saturated carbocycles. The van der Waals surface area contributed by atoms with Crippen molar-refractivity contribution in [2.45, 2.75) is 43.3 Å². The zero-order chi connectivity index (χ0) is 16.5. The molecular formula is C18H26O2S3. The number of aliphatic hydroxyl groups is 1. The minimum atomic E-state index is -0.537. The van der Waals surface area contributed by atoms with Crippen molar-refractivity contribution in [1.82, 2.24) is 0 Å². The molecule has 0 aromatic heterocycles. The minimum absolute atomic E-state index is 0.132. The molecule has 5 heteroatoms. The van der Waals surface area contributed by atoms with E-state index in [2.05, 4.69) is 0 Å². The van der Waals surface area contributed by atoms with Crippen LogP contribution in [0.25, 0.3) is 0 Å². The maximum Gasteiger partial charge on any atom is 0.194 e. The first-order valence-electron chi connectivity index (χ1n) is 8.32. The highest BCUT2D eigenvalue weighted by Crippen LogP contribution is 2.35. The minimum Gasteiger partial charge on any atom is -0.392 e. The number of carbonyl (C=O) groups excluding carboxylic acids is 1. The first kappa shape index (κ1) is 19.2. The molecule has 1 fully saturated rings. The lowest BCUT2D eigenvalue weighted by molar-refractivity contribution is -0.117. The number of rotatable bonds is 8. The molecule has 0 amide bonds. The van der Waals surface area contributed by atoms with Crippen LogP contribution >= 0.6 is 35.3 Å². The standard InChI is InChI=1S/C18H26O2S3/c1-2-21-18(20)15(13-14-7-4-3-5-8-14)16(19)9-10-17-22-11-6-12-23-17/h3-5,7-8,15-17,19H,2,6,9-13H2,1H3/t15-,16+/m0/s1. The SMILES string of the molecule is CCSC(=O)[C@@H](Cc1ccccc1)[C@H](O)CCC1SCCCS1. The third-order valence-electron chi connectivity index (χ3n) is 3.95. The molecule has 1 saturated heterocycles. The molecule has 2 rings (SSSR count). The van der Waals surface area contributed by atoms with Gasteiger partial charge in [-0.05, 0) is 48.5 Å². The van der Waals surface area contributed by atoms with Crippen molar-refractivity contribution in [3.63, 3.8) is 0 Å². The van der Waals surface area contributed by atoms with Crippen molar-refractivity contribution in [2.24, 2.45) is 5.92 Å². The van der Waals surface area contributed by atoms with Crippen molar-refractivity contribution in [1.29, 1.82) is 0 Å². The van der Waals surface area contributed by atoms with Gasteiger partial charge in [0.2, 0.25) is 0 Å². The van der Waals surface area contributed by atoms with Crippen LogP contribution in [0.2, 0.25) is 0 Å². The fourth-order valence-electron chi connectivity index (χ4n) is 2.71. The van der Waals surface area contributed by atoms with Crippen molar-refractivity contribution >= 4 is 40.4 Å². The Morgan fingerprint density at radius 3 is 2.65 bits per heavy atom. The number of carbonyl (C=O) groups is 1. The molecule has 1 aromatic rings. The Morgan fingerprint density at radius 1 is 1.30 bits per heavy atom. The molecule has 23 heavy (non-hydrogen) atoms. The average Bonchev–Trinajstić information content (AvgIpc) is 2.59. The van der Waals surface area contributed by atoms with Gasteiger partial charge >= 0.3 is 0 Å². The smallest absolute Gasteiger partial charge is 0.194 e. The number of hydrogen-bond donors (Lipinski definition) is 1. The summed E-state index contributed by atoms with van der Waals surface area (Å²) in [6, 6.07) is 10.0. The highest BCUT2D eigenvalue weighted by molar-refractivity contribution is 8.17. The summed E-state index contributed by atoms with van der Waals surface area (Å²) in [6.07, 6.45) is 3.10. The highest BCUT2D eigenvalue weighted by Gasteiger charge is 2.28. The molecular weight excluding hydrogens is 344 g/mol. The molecule has 1 aliphatic heterocycles. The maximum absolute atomic E-state index is 12.4. The van der Waals surface area contributed by atoms with E-state index in [1.165, 1.54) is 29.7 Å². The van der Waals surface area contributed by atoms with Crippen LogP contribution in [-0.4, -0.2) is 38.2 Å². The second kappa shape index (κ2) is 10.7. The normalized spacial score (nSPS) is 18.5. The van der Waals surface area contributed by atoms with Gasteiger partial charge in [0.15, 0.2) is 5.12 Å². The number of thioether (sulfide) groups is 3. The Bertz CT molecular complexity index is 461. The molecule has 0 unspecified atom stereocenters. The fourth-order valence-corrected chi connectivity index (χ4v) is 6.34. The summed E-state index contributed by atoms with van der Waals surface area (Å²) in [5, 5.41) is 10.8. The second-order valence-corrected chi connectivity index (χ2v) is 9.91. The molecule has 2 atom stereocenters. The van der Waals surface area contributed by atoms with Crippen LogP contribution in [-0.2, 0) is 11.2 Å². The van der Waals surface area contributed by atoms with Gasteiger partial charge in [-0.25, -0.2) is 0 Å². The predicted molar refractivity (Wildman–Crippen MR) is 105 cm³/mol. The van der Waals surface area contributed by atoms with Crippen molar-refractivity contribution in [3.8, 4) is 0 Å². The van der Waals surface area contributed by atoms with Crippen molar-refractivity contribution in [3.05, 3.63) is 35.9 Å². The lowest BCUT2D eigenvalue weighted by Gasteiger charge is -2.25. The van der Waals surface area contributed by atoms with Gasteiger partial charge in [-0.1, -0.05) is 49.0 Å². The average molecular weight is 371 g/mol. The number of hydrogen-bond acceptors (Lipinski definition) is 5. The summed E-state index contributed by atoms with van der Waals surface area (Å²) in [5.41, 5.74) is 1.13. The van der Waals surface area contributed by atoms with Gasteiger partial charge in [0.25, 0.3) is 0 Å². The van der Waals surface area contributed by atoms with Gasteiger partial charge in [0.05, 0.1) is 16.6 Å². The number of benzene rings is 1. The van der Waals surface area contributed by atoms with Crippen LogP contribution in [0.3, 0.4) is 0 Å². The van der Waals surface area contributed by atoms with E-state index >= 15 is 0 Å². The maximum atomic E-state index is 12.4. The lowest BCUT2D eigenvalue weighted by atomic mass is 9.92. The van der Waals surface area contributed by atoms with Crippen LogP contribution in [0.1, 0.15) is 31.7 Å². The Morgan fingerprint density at radius 2 is 2.00 bits per heavy atom. The van der Waals surface area contributed by atoms with Crippen LogP contribution in [0.4, 0.5) is 0 Å². The molecule has 128 valence electrons. The largest absolute Gasteiger partial charge is 0.392 e. The Balaban J connectivity index is 1.92. The van der Waals surface area contributed by atoms with Gasteiger partial charge in [0, 0.05) is 0 Å². The summed E-state index contributed by atoms with van der Waals surface area (Å²) in [6.45, 7) is 1.99. The monoisotopic (exact) mass is 370 g/mol. The van der Waals surface area contributed by atoms with E-state index < -0.39 is 6.10 Å². The van der Waals surface area contributed by atoms with Crippen LogP contribution in [0.15, 0.2) is 30.3 Å². The van der Waals surface area contributed by atoms with Crippen LogP contribution in [0.5, 0.6) is 0 Å². The topological polar surface area (TPSA) is 37.3 Å². The van der Waals surface area contributed by atoms with Gasteiger partial charge in [0.1, 0.15) is 0 Å². The summed E-state index contributed by atoms with van der Waals surface area (Å²) in [4.78, 5) is 12.4. The molecule has 1 N–H and O–H groups in total. The van der Waals surface area contributed by atoms with E-state index in [1.54, 1.807) is 0 Å². The number of aliphatic hydroxyl groups excluding tert-OH is 1. The molecule has 0 radical (unpaired) electrons. The molecule has 2 nitrogen and oxygen atoms in total. The highest BCUT2D eigenvalue weighted by atomic mass is 32.2. The first-order chi connectivity index (χ1) is 11.2. The molecule has 1 aromatic carbocycles. The quantitative estimate of drug-likeness (QED) is 0.731. The Hall–Kier alpha value is -0.100. The van der Waals surface area contributed by atoms with E-state index in [-0.39, 0.29) is 11.0 Å². The van der Waals surface area contributed by atoms with E-state index in [0.29, 0.717) is 11.0 Å². The summed E-state index contributed by atoms with van der Waals surface area (Å²) in [7, 11) is 0.